The molecule has 164 valence electrons. The topological polar surface area (TPSA) is 64.6 Å². The van der Waals surface area contributed by atoms with Gasteiger partial charge in [-0.25, -0.2) is 14.8 Å². The molecule has 2 saturated heterocycles. The van der Waals surface area contributed by atoms with E-state index in [-0.39, 0.29) is 25.0 Å². The van der Waals surface area contributed by atoms with Gasteiger partial charge in [0, 0.05) is 32.4 Å². The Morgan fingerprint density at radius 1 is 1.06 bits per heavy atom. The molecule has 2 aromatic rings. The van der Waals surface area contributed by atoms with Gasteiger partial charge >= 0.3 is 12.2 Å². The lowest BCUT2D eigenvalue weighted by Gasteiger charge is -2.46. The number of nitrogens with zero attached hydrogens (tertiary/aromatic N) is 5. The molecule has 2 bridgehead atoms. The third kappa shape index (κ3) is 3.75. The number of pyridine rings is 2. The Balaban J connectivity index is 1.46. The number of hydrogen-bond donors (Lipinski definition) is 1. The van der Waals surface area contributed by atoms with Crippen molar-refractivity contribution in [1.82, 2.24) is 9.97 Å². The summed E-state index contributed by atoms with van der Waals surface area (Å²) in [6.45, 7) is 1.77. The van der Waals surface area contributed by atoms with Gasteiger partial charge in [-0.15, -0.1) is 0 Å². The summed E-state index contributed by atoms with van der Waals surface area (Å²) in [5, 5.41) is 2.83. The van der Waals surface area contributed by atoms with Gasteiger partial charge in [-0.3, -0.25) is 10.2 Å². The summed E-state index contributed by atoms with van der Waals surface area (Å²) < 4.78 is 39.4. The first kappa shape index (κ1) is 19.9. The largest absolute Gasteiger partial charge is 0.393 e. The summed E-state index contributed by atoms with van der Waals surface area (Å²) in [5.41, 5.74) is 0.836. The van der Waals surface area contributed by atoms with Gasteiger partial charge in [0.15, 0.2) is 5.82 Å². The van der Waals surface area contributed by atoms with Crippen LogP contribution in [0.25, 0.3) is 0 Å². The van der Waals surface area contributed by atoms with Gasteiger partial charge in [-0.2, -0.15) is 13.2 Å². The van der Waals surface area contributed by atoms with Crippen LogP contribution in [0.4, 0.5) is 41.1 Å². The number of amides is 2. The molecule has 7 nitrogen and oxygen atoms in total. The van der Waals surface area contributed by atoms with E-state index in [1.165, 1.54) is 0 Å². The third-order valence-electron chi connectivity index (χ3n) is 6.26. The van der Waals surface area contributed by atoms with Crippen molar-refractivity contribution in [3.63, 3.8) is 0 Å². The summed E-state index contributed by atoms with van der Waals surface area (Å²) in [4.78, 5) is 27.6. The second-order valence-corrected chi connectivity index (χ2v) is 8.24. The average molecular weight is 432 g/mol. The summed E-state index contributed by atoms with van der Waals surface area (Å²) in [7, 11) is 0. The summed E-state index contributed by atoms with van der Waals surface area (Å²) >= 11 is 0. The number of rotatable bonds is 2. The second-order valence-electron chi connectivity index (χ2n) is 8.24. The van der Waals surface area contributed by atoms with Crippen LogP contribution < -0.4 is 20.0 Å². The maximum Gasteiger partial charge on any atom is 0.393 e. The molecule has 2 amide bonds. The van der Waals surface area contributed by atoms with Crippen molar-refractivity contribution >= 4 is 29.2 Å². The molecular weight excluding hydrogens is 409 g/mol. The van der Waals surface area contributed by atoms with Crippen molar-refractivity contribution in [1.29, 1.82) is 0 Å². The van der Waals surface area contributed by atoms with Crippen molar-refractivity contribution < 1.29 is 18.0 Å². The third-order valence-corrected chi connectivity index (χ3v) is 6.26. The molecule has 3 aliphatic heterocycles. The zero-order chi connectivity index (χ0) is 21.6. The maximum absolute atomic E-state index is 13.2. The standard InChI is InChI=1S/C21H23F3N6O/c22-21(23,24)14-8-11-29(12-14)18-7-6-16-19(27-18)30(15-4-3-10-28(16)13-15)20(31)26-17-5-1-2-9-25-17/h1-2,5-7,9,14-15H,3-4,8,10-13H2,(H,25,26,31)/t14-,15-/m0/s1. The van der Waals surface area contributed by atoms with Gasteiger partial charge < -0.3 is 9.80 Å². The summed E-state index contributed by atoms with van der Waals surface area (Å²) in [6, 6.07) is 8.53. The van der Waals surface area contributed by atoms with Gasteiger partial charge in [0.25, 0.3) is 0 Å². The molecule has 0 radical (unpaired) electrons. The minimum Gasteiger partial charge on any atom is -0.366 e. The van der Waals surface area contributed by atoms with E-state index in [1.54, 1.807) is 40.3 Å². The number of alkyl halides is 3. The molecular formula is C21H23F3N6O. The van der Waals surface area contributed by atoms with E-state index < -0.39 is 12.1 Å². The Bertz CT molecular complexity index is 969. The number of hydrogen-bond acceptors (Lipinski definition) is 5. The summed E-state index contributed by atoms with van der Waals surface area (Å²) in [6.07, 6.45) is -0.750. The smallest absolute Gasteiger partial charge is 0.366 e. The van der Waals surface area contributed by atoms with Crippen LogP contribution in [0.3, 0.4) is 0 Å². The molecule has 2 fully saturated rings. The van der Waals surface area contributed by atoms with Crippen LogP contribution in [0.5, 0.6) is 0 Å². The summed E-state index contributed by atoms with van der Waals surface area (Å²) in [5.74, 6) is 0.0627. The fraction of sp³-hybridized carbons (Fsp3) is 0.476. The molecule has 1 N–H and O–H groups in total. The van der Waals surface area contributed by atoms with Gasteiger partial charge in [-0.05, 0) is 43.5 Å². The zero-order valence-corrected chi connectivity index (χ0v) is 16.8. The first-order valence-electron chi connectivity index (χ1n) is 10.5. The first-order chi connectivity index (χ1) is 14.9. The van der Waals surface area contributed by atoms with Crippen LogP contribution in [0.1, 0.15) is 19.3 Å². The molecule has 0 unspecified atom stereocenters. The molecule has 0 aliphatic carbocycles. The quantitative estimate of drug-likeness (QED) is 0.780. The number of piperidine rings is 1. The number of nitrogens with one attached hydrogen (secondary N) is 1. The van der Waals surface area contributed by atoms with Crippen molar-refractivity contribution in [3.05, 3.63) is 36.5 Å². The highest BCUT2D eigenvalue weighted by atomic mass is 19.4. The van der Waals surface area contributed by atoms with Crippen LogP contribution in [0, 0.1) is 5.92 Å². The van der Waals surface area contributed by atoms with E-state index in [1.807, 2.05) is 6.07 Å². The predicted octanol–water partition coefficient (Wildman–Crippen LogP) is 3.89. The number of anilines is 4. The van der Waals surface area contributed by atoms with Crippen molar-refractivity contribution in [3.8, 4) is 0 Å². The normalized spacial score (nSPS) is 23.0. The Labute approximate surface area is 177 Å². The SMILES string of the molecule is O=C(Nc1ccccn1)N1c2nc(N3CC[C@H](C(F)(F)F)C3)ccc2N2CCC[C@H]1C2. The molecule has 10 heteroatoms. The van der Waals surface area contributed by atoms with E-state index in [0.717, 1.165) is 25.1 Å². The van der Waals surface area contributed by atoms with Crippen molar-refractivity contribution in [2.45, 2.75) is 31.5 Å². The number of carbonyl (C=O) groups is 1. The van der Waals surface area contributed by atoms with Gasteiger partial charge in [0.05, 0.1) is 17.6 Å². The highest BCUT2D eigenvalue weighted by Gasteiger charge is 2.44. The lowest BCUT2D eigenvalue weighted by molar-refractivity contribution is -0.168. The number of urea groups is 1. The second kappa shape index (κ2) is 7.58. The molecule has 5 rings (SSSR count). The molecule has 2 atom stereocenters. The fourth-order valence-corrected chi connectivity index (χ4v) is 4.69. The minimum absolute atomic E-state index is 0.0470. The van der Waals surface area contributed by atoms with Crippen molar-refractivity contribution in [2.24, 2.45) is 5.92 Å². The number of fused-ring (bicyclic) bond motifs is 4. The van der Waals surface area contributed by atoms with Crippen LogP contribution in [-0.4, -0.2) is 54.4 Å². The molecule has 0 aromatic carbocycles. The van der Waals surface area contributed by atoms with Crippen molar-refractivity contribution in [2.75, 3.05) is 46.2 Å². The Hall–Kier alpha value is -3.04. The molecule has 31 heavy (non-hydrogen) atoms. The van der Waals surface area contributed by atoms with Crippen LogP contribution >= 0.6 is 0 Å². The van der Waals surface area contributed by atoms with E-state index in [0.29, 0.717) is 30.5 Å². The highest BCUT2D eigenvalue weighted by Crippen LogP contribution is 2.41. The Kier molecular flexibility index (Phi) is 4.86. The van der Waals surface area contributed by atoms with Gasteiger partial charge in [0.2, 0.25) is 0 Å². The van der Waals surface area contributed by atoms with E-state index in [9.17, 15) is 18.0 Å². The molecule has 2 aromatic heterocycles. The van der Waals surface area contributed by atoms with E-state index in [4.69, 9.17) is 4.98 Å². The van der Waals surface area contributed by atoms with Gasteiger partial charge in [0.1, 0.15) is 11.6 Å². The lowest BCUT2D eigenvalue weighted by Crippen LogP contribution is -2.56. The first-order valence-corrected chi connectivity index (χ1v) is 10.5. The Morgan fingerprint density at radius 3 is 2.68 bits per heavy atom. The molecule has 0 spiro atoms. The molecule has 3 aliphatic rings. The lowest BCUT2D eigenvalue weighted by atomic mass is 10.00. The van der Waals surface area contributed by atoms with E-state index in [2.05, 4.69) is 15.2 Å². The number of aromatic nitrogens is 2. The average Bonchev–Trinajstić information content (AvgIpc) is 3.25. The molecule has 5 heterocycles. The number of halogens is 3. The van der Waals surface area contributed by atoms with E-state index >= 15 is 0 Å². The Morgan fingerprint density at radius 2 is 1.94 bits per heavy atom. The maximum atomic E-state index is 13.2. The molecule has 0 saturated carbocycles. The van der Waals surface area contributed by atoms with Crippen LogP contribution in [0.2, 0.25) is 0 Å². The monoisotopic (exact) mass is 432 g/mol. The minimum atomic E-state index is -4.21. The fourth-order valence-electron chi connectivity index (χ4n) is 4.69. The highest BCUT2D eigenvalue weighted by molar-refractivity contribution is 6.04. The van der Waals surface area contributed by atoms with Crippen LogP contribution in [0.15, 0.2) is 36.5 Å². The van der Waals surface area contributed by atoms with Gasteiger partial charge in [-0.1, -0.05) is 6.07 Å². The predicted molar refractivity (Wildman–Crippen MR) is 112 cm³/mol. The van der Waals surface area contributed by atoms with Crippen LogP contribution in [-0.2, 0) is 0 Å². The number of carbonyl (C=O) groups excluding carboxylic acids is 1. The zero-order valence-electron chi connectivity index (χ0n) is 16.8.